The Morgan fingerprint density at radius 2 is 1.30 bits per heavy atom. The van der Waals surface area contributed by atoms with Gasteiger partial charge in [-0.2, -0.15) is 31.6 Å². The Hall–Kier alpha value is -5.00. The lowest BCUT2D eigenvalue weighted by atomic mass is 10.2. The summed E-state index contributed by atoms with van der Waals surface area (Å²) in [6.45, 7) is 0. The number of aromatic nitrogens is 8. The van der Waals surface area contributed by atoms with Gasteiger partial charge in [0.05, 0.1) is 0 Å². The van der Waals surface area contributed by atoms with Crippen LogP contribution in [0.5, 0.6) is 5.88 Å². The topological polar surface area (TPSA) is 203 Å². The second-order valence-electron chi connectivity index (χ2n) is 11.6. The monoisotopic (exact) mass is 670 g/mol. The molecule has 18 heteroatoms. The largest absolute Gasteiger partial charge is 0.534 e. The van der Waals surface area contributed by atoms with Gasteiger partial charge in [-0.25, -0.2) is 15.0 Å². The summed E-state index contributed by atoms with van der Waals surface area (Å²) in [7, 11) is -5.86. The number of nitrogens with zero attached hydrogens (tertiary/aromatic N) is 7. The first kappa shape index (κ1) is 30.6. The summed E-state index contributed by atoms with van der Waals surface area (Å²) < 4.78 is 69.5. The lowest BCUT2D eigenvalue weighted by molar-refractivity contribution is -0.0501. The molecule has 0 saturated heterocycles. The fourth-order valence-corrected chi connectivity index (χ4v) is 7.22. The maximum Gasteiger partial charge on any atom is 0.534 e. The van der Waals surface area contributed by atoms with Crippen molar-refractivity contribution in [1.82, 2.24) is 39.0 Å². The Bertz CT molecular complexity index is 2320. The summed E-state index contributed by atoms with van der Waals surface area (Å²) >= 11 is 0. The summed E-state index contributed by atoms with van der Waals surface area (Å²) in [6, 6.07) is 3.70. The third-order valence-corrected chi connectivity index (χ3v) is 9.71. The molecule has 0 amide bonds. The van der Waals surface area contributed by atoms with E-state index in [1.807, 2.05) is 6.07 Å². The van der Waals surface area contributed by atoms with Crippen LogP contribution in [0.3, 0.4) is 0 Å². The van der Waals surface area contributed by atoms with E-state index in [4.69, 9.17) is 11.5 Å². The van der Waals surface area contributed by atoms with Crippen molar-refractivity contribution in [2.24, 2.45) is 0 Å². The summed E-state index contributed by atoms with van der Waals surface area (Å²) in [5.74, 6) is -0.396. The van der Waals surface area contributed by atoms with Crippen molar-refractivity contribution >= 4 is 65.9 Å². The number of rotatable bonds is 4. The molecule has 0 unspecified atom stereocenters. The highest BCUT2D eigenvalue weighted by Gasteiger charge is 2.49. The van der Waals surface area contributed by atoms with Gasteiger partial charge in [0.2, 0.25) is 11.9 Å². The Labute approximate surface area is 264 Å². The van der Waals surface area contributed by atoms with E-state index in [1.54, 1.807) is 23.0 Å². The summed E-state index contributed by atoms with van der Waals surface area (Å²) in [5.41, 5.74) is 7.77. The minimum absolute atomic E-state index is 0.00268. The van der Waals surface area contributed by atoms with Gasteiger partial charge in [0.15, 0.2) is 0 Å². The molecule has 246 valence electrons. The average Bonchev–Trinajstić information content (AvgIpc) is 3.82. The van der Waals surface area contributed by atoms with Crippen LogP contribution in [0.4, 0.5) is 25.1 Å². The van der Waals surface area contributed by atoms with Crippen LogP contribution >= 0.6 is 0 Å². The van der Waals surface area contributed by atoms with Gasteiger partial charge >= 0.3 is 15.6 Å². The normalized spacial score (nSPS) is 16.4. The molecule has 2 saturated carbocycles. The van der Waals surface area contributed by atoms with Crippen LogP contribution in [0, 0.1) is 0 Å². The molecule has 0 aliphatic heterocycles. The van der Waals surface area contributed by atoms with Gasteiger partial charge in [0.25, 0.3) is 11.4 Å². The summed E-state index contributed by atoms with van der Waals surface area (Å²) in [4.78, 5) is 35.4. The number of alkyl halides is 3. The molecule has 0 bridgehead atoms. The summed E-state index contributed by atoms with van der Waals surface area (Å²) in [6.07, 6.45) is 14.0. The number of halogens is 3. The highest BCUT2D eigenvalue weighted by atomic mass is 32.2. The van der Waals surface area contributed by atoms with E-state index in [2.05, 4.69) is 38.7 Å². The maximum atomic E-state index is 12.8. The van der Waals surface area contributed by atoms with Crippen molar-refractivity contribution in [2.45, 2.75) is 69.0 Å². The van der Waals surface area contributed by atoms with Gasteiger partial charge in [0, 0.05) is 58.4 Å². The van der Waals surface area contributed by atoms with Crippen LogP contribution in [0.15, 0.2) is 41.7 Å². The zero-order chi connectivity index (χ0) is 33.1. The minimum atomic E-state index is -5.86. The number of nitrogen functional groups attached to an aromatic ring is 2. The number of pyridine rings is 2. The molecule has 0 radical (unpaired) electrons. The van der Waals surface area contributed by atoms with E-state index in [0.29, 0.717) is 28.0 Å². The van der Waals surface area contributed by atoms with Crippen molar-refractivity contribution in [1.29, 1.82) is 0 Å². The maximum absolute atomic E-state index is 12.8. The third-order valence-electron chi connectivity index (χ3n) is 8.77. The minimum Gasteiger partial charge on any atom is -0.368 e. The van der Waals surface area contributed by atoms with Gasteiger partial charge in [-0.05, 0) is 37.8 Å². The number of fused-ring (bicyclic) bond motifs is 6. The van der Waals surface area contributed by atoms with E-state index >= 15 is 0 Å². The number of hydrogen-bond donors (Lipinski definition) is 3. The fourth-order valence-electron chi connectivity index (χ4n) is 6.79. The smallest absolute Gasteiger partial charge is 0.368 e. The molecule has 2 aliphatic carbocycles. The molecular formula is C29H29F3N10O4S. The Kier molecular flexibility index (Phi) is 7.40. The van der Waals surface area contributed by atoms with Crippen LogP contribution in [0.2, 0.25) is 0 Å². The lowest BCUT2D eigenvalue weighted by Gasteiger charge is -2.16. The van der Waals surface area contributed by atoms with E-state index < -0.39 is 21.5 Å². The van der Waals surface area contributed by atoms with Crippen molar-refractivity contribution in [3.63, 3.8) is 0 Å². The first-order chi connectivity index (χ1) is 22.4. The molecule has 6 heterocycles. The van der Waals surface area contributed by atoms with E-state index in [1.165, 1.54) is 25.2 Å². The number of anilines is 2. The molecule has 2 fully saturated rings. The molecule has 6 aromatic rings. The van der Waals surface area contributed by atoms with Crippen molar-refractivity contribution in [2.75, 3.05) is 11.5 Å². The molecule has 5 N–H and O–H groups in total. The second-order valence-corrected chi connectivity index (χ2v) is 13.1. The van der Waals surface area contributed by atoms with Crippen molar-refractivity contribution in [3.8, 4) is 5.88 Å². The molecule has 0 spiro atoms. The van der Waals surface area contributed by atoms with Crippen LogP contribution < -0.4 is 21.2 Å². The molecule has 0 aromatic carbocycles. The molecular weight excluding hydrogens is 641 g/mol. The second kappa shape index (κ2) is 11.4. The predicted octanol–water partition coefficient (Wildman–Crippen LogP) is 4.88. The highest BCUT2D eigenvalue weighted by molar-refractivity contribution is 7.88. The predicted molar refractivity (Wildman–Crippen MR) is 168 cm³/mol. The zero-order valence-electron chi connectivity index (χ0n) is 24.7. The number of H-pyrrole nitrogens is 1. The number of aromatic amines is 1. The Morgan fingerprint density at radius 1 is 0.787 bits per heavy atom. The third kappa shape index (κ3) is 5.25. The van der Waals surface area contributed by atoms with Crippen molar-refractivity contribution in [3.05, 3.63) is 47.3 Å². The van der Waals surface area contributed by atoms with Crippen molar-refractivity contribution < 1.29 is 25.8 Å². The fraction of sp³-hybridized carbons (Fsp3) is 0.379. The zero-order valence-corrected chi connectivity index (χ0v) is 25.6. The molecule has 6 aromatic heterocycles. The van der Waals surface area contributed by atoms with Crippen LogP contribution in [0.1, 0.15) is 63.5 Å². The van der Waals surface area contributed by atoms with Gasteiger partial charge in [-0.1, -0.05) is 25.7 Å². The van der Waals surface area contributed by atoms with E-state index in [-0.39, 0.29) is 29.0 Å². The number of hydrogen-bond acceptors (Lipinski definition) is 11. The molecule has 14 nitrogen and oxygen atoms in total. The Morgan fingerprint density at radius 3 is 1.83 bits per heavy atom. The molecule has 2 aliphatic rings. The number of nitrogens with one attached hydrogen (secondary N) is 1. The quantitative estimate of drug-likeness (QED) is 0.170. The Balaban J connectivity index is 0.000000156. The van der Waals surface area contributed by atoms with Crippen LogP contribution in [-0.4, -0.2) is 53.0 Å². The standard InChI is InChI=1S/C15H14F3N5O3S.C14H15N5O/c16-15(17,18)27(24,25)26-13-11-9(5-6-20-13)10-7-21-14(19)22-12(10)23(11)8-3-1-2-4-8;15-14-17-7-10-9-5-6-16-13(20)11(9)19(12(10)18-14)8-3-1-2-4-8/h5-8H,1-4H2,(H2,19,21,22);5-8H,1-4H2,(H,16,20)(H2,15,17,18). The average molecular weight is 671 g/mol. The van der Waals surface area contributed by atoms with E-state index in [9.17, 15) is 26.4 Å². The van der Waals surface area contributed by atoms with Crippen LogP contribution in [-0.2, 0) is 10.1 Å². The van der Waals surface area contributed by atoms with Crippen LogP contribution in [0.25, 0.3) is 43.9 Å². The molecule has 0 atom stereocenters. The first-order valence-electron chi connectivity index (χ1n) is 15.0. The van der Waals surface area contributed by atoms with Gasteiger partial charge in [-0.15, -0.1) is 0 Å². The van der Waals surface area contributed by atoms with Gasteiger partial charge in [-0.3, -0.25) is 4.79 Å². The number of nitrogens with two attached hydrogens (primary N) is 2. The molecule has 47 heavy (non-hydrogen) atoms. The van der Waals surface area contributed by atoms with Gasteiger partial charge in [0.1, 0.15) is 22.3 Å². The first-order valence-corrected chi connectivity index (χ1v) is 16.4. The van der Waals surface area contributed by atoms with Gasteiger partial charge < -0.3 is 29.8 Å². The highest BCUT2D eigenvalue weighted by Crippen LogP contribution is 2.41. The lowest BCUT2D eigenvalue weighted by Crippen LogP contribution is -2.28. The SMILES string of the molecule is Nc1ncc2c3cc[nH]c(=O)c3n(C3CCCC3)c2n1.Nc1ncc2c3ccnc(OS(=O)(=O)C(F)(F)F)c3n(C3CCCC3)c2n1. The molecule has 8 rings (SSSR count). The van der Waals surface area contributed by atoms with E-state index in [0.717, 1.165) is 54.9 Å². The summed E-state index contributed by atoms with van der Waals surface area (Å²) in [5, 5.41) is 2.77.